The van der Waals surface area contributed by atoms with Gasteiger partial charge in [-0.2, -0.15) is 0 Å². The molecule has 2 aliphatic rings. The van der Waals surface area contributed by atoms with Gasteiger partial charge in [0.1, 0.15) is 5.82 Å². The second-order valence-corrected chi connectivity index (χ2v) is 8.59. The zero-order chi connectivity index (χ0) is 22.9. The maximum atomic E-state index is 6.73. The molecule has 1 aromatic heterocycles. The summed E-state index contributed by atoms with van der Waals surface area (Å²) in [4.78, 5) is 5.24. The molecular weight excluding hydrogens is 436 g/mol. The summed E-state index contributed by atoms with van der Waals surface area (Å²) in [7, 11) is 0. The molecule has 34 heavy (non-hydrogen) atoms. The van der Waals surface area contributed by atoms with Crippen LogP contribution >= 0.6 is 11.6 Å². The fraction of sp³-hybridized carbons (Fsp3) is 0. The first kappa shape index (κ1) is 20.5. The second kappa shape index (κ2) is 8.66. The molecule has 3 aromatic carbocycles. The minimum absolute atomic E-state index is 0.675. The Balaban J connectivity index is 1.76. The van der Waals surface area contributed by atoms with Gasteiger partial charge in [-0.05, 0) is 23.8 Å². The normalized spacial score (nSPS) is 11.1. The average molecular weight is 457 g/mol. The molecule has 162 valence electrons. The van der Waals surface area contributed by atoms with E-state index in [9.17, 15) is 0 Å². The Bertz CT molecular complexity index is 1550. The first-order valence-corrected chi connectivity index (χ1v) is 11.7. The van der Waals surface area contributed by atoms with E-state index >= 15 is 0 Å². The Kier molecular flexibility index (Phi) is 5.21. The average Bonchev–Trinajstić information content (AvgIpc) is 3.38. The minimum Gasteiger partial charge on any atom is -0.291 e. The number of fused-ring (bicyclic) bond motifs is 1. The lowest BCUT2D eigenvalue weighted by Gasteiger charge is -2.15. The molecule has 0 amide bonds. The van der Waals surface area contributed by atoms with Gasteiger partial charge in [0.2, 0.25) is 0 Å². The van der Waals surface area contributed by atoms with Crippen LogP contribution in [0.5, 0.6) is 0 Å². The van der Waals surface area contributed by atoms with E-state index < -0.39 is 0 Å². The van der Waals surface area contributed by atoms with Gasteiger partial charge in [0, 0.05) is 22.3 Å². The summed E-state index contributed by atoms with van der Waals surface area (Å²) < 4.78 is 2.27. The van der Waals surface area contributed by atoms with Crippen LogP contribution in [0.4, 0.5) is 0 Å². The standard InChI is InChI=1S/C31H21ClN2/c32-27-19-11-10-18-26(27)31-33-29(23-13-5-1-6-14-23)30(24-15-7-2-8-16-24)34(31)28-21-20-22-12-4-3-9-17-25(22)28/h1-21H. The third-order valence-corrected chi connectivity index (χ3v) is 6.43. The Labute approximate surface area is 204 Å². The van der Waals surface area contributed by atoms with E-state index in [1.165, 1.54) is 5.56 Å². The SMILES string of the molecule is Clc1ccccc1-c1nc(-c2ccccc2)c(-c2ccccc2)n1-c1ccc2cccccc1-2. The summed E-state index contributed by atoms with van der Waals surface area (Å²) in [5.41, 5.74) is 8.45. The van der Waals surface area contributed by atoms with Gasteiger partial charge in [-0.3, -0.25) is 4.57 Å². The van der Waals surface area contributed by atoms with Crippen molar-refractivity contribution in [3.05, 3.63) is 132 Å². The Morgan fingerprint density at radius 1 is 0.500 bits per heavy atom. The molecule has 0 bridgehead atoms. The maximum Gasteiger partial charge on any atom is 0.147 e. The van der Waals surface area contributed by atoms with E-state index in [1.54, 1.807) is 0 Å². The van der Waals surface area contributed by atoms with Crippen LogP contribution in [0.25, 0.3) is 50.7 Å². The molecule has 4 aromatic rings. The van der Waals surface area contributed by atoms with Crippen LogP contribution < -0.4 is 0 Å². The minimum atomic E-state index is 0.675. The maximum absolute atomic E-state index is 6.73. The van der Waals surface area contributed by atoms with Crippen LogP contribution in [0.3, 0.4) is 0 Å². The van der Waals surface area contributed by atoms with Gasteiger partial charge in [-0.25, -0.2) is 4.98 Å². The highest BCUT2D eigenvalue weighted by atomic mass is 35.5. The molecule has 0 saturated carbocycles. The smallest absolute Gasteiger partial charge is 0.147 e. The molecule has 2 nitrogen and oxygen atoms in total. The first-order valence-electron chi connectivity index (χ1n) is 11.3. The number of halogens is 1. The quantitative estimate of drug-likeness (QED) is 0.259. The van der Waals surface area contributed by atoms with E-state index in [0.29, 0.717) is 5.02 Å². The molecule has 0 fully saturated rings. The van der Waals surface area contributed by atoms with E-state index in [4.69, 9.17) is 16.6 Å². The van der Waals surface area contributed by atoms with Crippen molar-refractivity contribution in [1.29, 1.82) is 0 Å². The Morgan fingerprint density at radius 2 is 1.06 bits per heavy atom. The van der Waals surface area contributed by atoms with Crippen LogP contribution in [0.1, 0.15) is 0 Å². The van der Waals surface area contributed by atoms with Gasteiger partial charge in [0.05, 0.1) is 22.1 Å². The highest BCUT2D eigenvalue weighted by molar-refractivity contribution is 6.33. The predicted molar refractivity (Wildman–Crippen MR) is 142 cm³/mol. The van der Waals surface area contributed by atoms with E-state index in [-0.39, 0.29) is 0 Å². The number of imidazole rings is 1. The Morgan fingerprint density at radius 3 is 1.76 bits per heavy atom. The van der Waals surface area contributed by atoms with E-state index in [2.05, 4.69) is 95.6 Å². The monoisotopic (exact) mass is 456 g/mol. The van der Waals surface area contributed by atoms with Crippen LogP contribution in [-0.4, -0.2) is 9.55 Å². The summed E-state index contributed by atoms with van der Waals surface area (Å²) in [5, 5.41) is 0.675. The number of hydrogen-bond donors (Lipinski definition) is 0. The molecule has 1 heterocycles. The van der Waals surface area contributed by atoms with Crippen molar-refractivity contribution in [3.8, 4) is 50.7 Å². The Hall–Kier alpha value is -4.14. The lowest BCUT2D eigenvalue weighted by molar-refractivity contribution is 1.08. The number of nitrogens with zero attached hydrogens (tertiary/aromatic N) is 2. The molecule has 6 rings (SSSR count). The number of rotatable bonds is 4. The van der Waals surface area contributed by atoms with Crippen LogP contribution in [-0.2, 0) is 0 Å². The van der Waals surface area contributed by atoms with Crippen molar-refractivity contribution in [2.24, 2.45) is 0 Å². The summed E-state index contributed by atoms with van der Waals surface area (Å²) in [5.74, 6) is 0.822. The van der Waals surface area contributed by atoms with Gasteiger partial charge in [-0.1, -0.05) is 121 Å². The molecule has 0 saturated heterocycles. The zero-order valence-corrected chi connectivity index (χ0v) is 19.2. The van der Waals surface area contributed by atoms with Crippen molar-refractivity contribution in [2.75, 3.05) is 0 Å². The first-order chi connectivity index (χ1) is 16.8. The van der Waals surface area contributed by atoms with Gasteiger partial charge < -0.3 is 0 Å². The predicted octanol–water partition coefficient (Wildman–Crippen LogP) is 8.63. The third kappa shape index (κ3) is 3.49. The van der Waals surface area contributed by atoms with Gasteiger partial charge in [-0.15, -0.1) is 0 Å². The van der Waals surface area contributed by atoms with Gasteiger partial charge in [0.15, 0.2) is 0 Å². The van der Waals surface area contributed by atoms with Crippen molar-refractivity contribution < 1.29 is 0 Å². The molecule has 0 aliphatic heterocycles. The van der Waals surface area contributed by atoms with Crippen LogP contribution in [0.2, 0.25) is 5.02 Å². The summed E-state index contributed by atoms with van der Waals surface area (Å²) in [6.07, 6.45) is 0. The van der Waals surface area contributed by atoms with Gasteiger partial charge >= 0.3 is 0 Å². The highest BCUT2D eigenvalue weighted by Crippen LogP contribution is 2.43. The molecule has 0 spiro atoms. The largest absolute Gasteiger partial charge is 0.291 e. The van der Waals surface area contributed by atoms with Crippen LogP contribution in [0, 0.1) is 0 Å². The second-order valence-electron chi connectivity index (χ2n) is 8.18. The van der Waals surface area contributed by atoms with Crippen molar-refractivity contribution in [1.82, 2.24) is 9.55 Å². The number of hydrogen-bond acceptors (Lipinski definition) is 1. The fourth-order valence-corrected chi connectivity index (χ4v) is 4.75. The lowest BCUT2D eigenvalue weighted by atomic mass is 10.0. The van der Waals surface area contributed by atoms with Crippen molar-refractivity contribution in [2.45, 2.75) is 0 Å². The van der Waals surface area contributed by atoms with E-state index in [1.807, 2.05) is 36.4 Å². The molecule has 0 atom stereocenters. The molecule has 0 unspecified atom stereocenters. The third-order valence-electron chi connectivity index (χ3n) is 6.10. The number of benzene rings is 3. The topological polar surface area (TPSA) is 17.8 Å². The molecule has 2 aliphatic carbocycles. The lowest BCUT2D eigenvalue weighted by Crippen LogP contribution is -2.00. The number of aromatic nitrogens is 2. The van der Waals surface area contributed by atoms with Crippen molar-refractivity contribution in [3.63, 3.8) is 0 Å². The van der Waals surface area contributed by atoms with Gasteiger partial charge in [0.25, 0.3) is 0 Å². The summed E-state index contributed by atoms with van der Waals surface area (Å²) in [6, 6.07) is 43.6. The fourth-order valence-electron chi connectivity index (χ4n) is 4.53. The van der Waals surface area contributed by atoms with Crippen LogP contribution in [0.15, 0.2) is 127 Å². The molecule has 0 N–H and O–H groups in total. The molecule has 0 radical (unpaired) electrons. The molecular formula is C31H21ClN2. The van der Waals surface area contributed by atoms with E-state index in [0.717, 1.165) is 45.2 Å². The van der Waals surface area contributed by atoms with Crippen molar-refractivity contribution >= 4 is 11.6 Å². The highest BCUT2D eigenvalue weighted by Gasteiger charge is 2.25. The molecule has 3 heteroatoms. The summed E-state index contributed by atoms with van der Waals surface area (Å²) in [6.45, 7) is 0. The summed E-state index contributed by atoms with van der Waals surface area (Å²) >= 11 is 6.73. The zero-order valence-electron chi connectivity index (χ0n) is 18.4.